The highest BCUT2D eigenvalue weighted by Gasteiger charge is 2.28. The van der Waals surface area contributed by atoms with E-state index in [-0.39, 0.29) is 23.5 Å². The zero-order valence-corrected chi connectivity index (χ0v) is 23.5. The van der Waals surface area contributed by atoms with E-state index in [9.17, 15) is 13.6 Å². The fourth-order valence-corrected chi connectivity index (χ4v) is 5.95. The van der Waals surface area contributed by atoms with Crippen LogP contribution in [0.1, 0.15) is 57.2 Å². The Bertz CT molecular complexity index is 1770. The van der Waals surface area contributed by atoms with Gasteiger partial charge in [0.1, 0.15) is 17.5 Å². The summed E-state index contributed by atoms with van der Waals surface area (Å²) in [6, 6.07) is 26.4. The molecule has 4 aromatic carbocycles. The summed E-state index contributed by atoms with van der Waals surface area (Å²) >= 11 is 0. The van der Waals surface area contributed by atoms with Gasteiger partial charge in [-0.15, -0.1) is 0 Å². The largest absolute Gasteiger partial charge is 0.339 e. The van der Waals surface area contributed by atoms with Crippen LogP contribution in [0, 0.1) is 24.0 Å². The van der Waals surface area contributed by atoms with Crippen LogP contribution in [0.4, 0.5) is 8.78 Å². The van der Waals surface area contributed by atoms with Crippen molar-refractivity contribution in [3.05, 3.63) is 136 Å². The Morgan fingerprint density at radius 2 is 1.64 bits per heavy atom. The van der Waals surface area contributed by atoms with Crippen LogP contribution < -0.4 is 0 Å². The molecule has 42 heavy (non-hydrogen) atoms. The van der Waals surface area contributed by atoms with Crippen LogP contribution in [-0.2, 0) is 13.0 Å². The van der Waals surface area contributed by atoms with Gasteiger partial charge in [-0.1, -0.05) is 42.5 Å². The van der Waals surface area contributed by atoms with E-state index in [4.69, 9.17) is 10.4 Å². The lowest BCUT2D eigenvalue weighted by atomic mass is 9.94. The topological polar surface area (TPSA) is 62.0 Å². The molecule has 1 fully saturated rings. The third-order valence-corrected chi connectivity index (χ3v) is 8.15. The van der Waals surface area contributed by atoms with E-state index < -0.39 is 0 Å². The smallest absolute Gasteiger partial charge is 0.253 e. The zero-order valence-electron chi connectivity index (χ0n) is 23.5. The van der Waals surface area contributed by atoms with E-state index in [1.165, 1.54) is 18.2 Å². The first kappa shape index (κ1) is 27.5. The number of carbonyl (C=O) groups excluding carboxylic acids is 1. The second kappa shape index (κ2) is 11.7. The maximum Gasteiger partial charge on any atom is 0.253 e. The second-order valence-electron chi connectivity index (χ2n) is 11.1. The number of fused-ring (bicyclic) bond motifs is 1. The first-order valence-corrected chi connectivity index (χ1v) is 14.3. The van der Waals surface area contributed by atoms with Crippen molar-refractivity contribution in [3.63, 3.8) is 0 Å². The summed E-state index contributed by atoms with van der Waals surface area (Å²) in [5, 5.41) is 8.56. The van der Waals surface area contributed by atoms with Gasteiger partial charge < -0.3 is 14.9 Å². The van der Waals surface area contributed by atoms with Crippen molar-refractivity contribution in [2.45, 2.75) is 38.6 Å². The van der Waals surface area contributed by atoms with Crippen LogP contribution in [-0.4, -0.2) is 39.2 Å². The molecule has 0 saturated carbocycles. The number of benzene rings is 4. The highest BCUT2D eigenvalue weighted by Crippen LogP contribution is 2.32. The predicted molar refractivity (Wildman–Crippen MR) is 161 cm³/mol. The summed E-state index contributed by atoms with van der Waals surface area (Å²) < 4.78 is 29.4. The van der Waals surface area contributed by atoms with E-state index in [0.717, 1.165) is 52.0 Å². The van der Waals surface area contributed by atoms with Crippen molar-refractivity contribution in [2.75, 3.05) is 13.1 Å². The average molecular weight is 563 g/mol. The molecule has 212 valence electrons. The van der Waals surface area contributed by atoms with Gasteiger partial charge in [0.15, 0.2) is 0 Å². The van der Waals surface area contributed by atoms with Crippen LogP contribution in [0.5, 0.6) is 0 Å². The minimum atomic E-state index is -0.295. The quantitative estimate of drug-likeness (QED) is 0.212. The minimum absolute atomic E-state index is 0.0126. The monoisotopic (exact) mass is 562 g/mol. The number of para-hydroxylation sites is 2. The number of likely N-dealkylation sites (tertiary alicyclic amines) is 1. The number of amides is 1. The Hall–Kier alpha value is -4.65. The first-order chi connectivity index (χ1) is 20.4. The molecule has 1 aromatic heterocycles. The number of nitrogens with one attached hydrogen (secondary N) is 1. The molecule has 5 aromatic rings. The minimum Gasteiger partial charge on any atom is -0.339 e. The third-order valence-electron chi connectivity index (χ3n) is 8.15. The normalized spacial score (nSPS) is 13.9. The standard InChI is InChI=1S/C35H32F2N4O/c1-23-19-27(11-14-30(23)31(38)21-24-9-12-28(36)13-10-24)35(42)40-17-15-26(16-18-40)34-39-32-7-2-3-8-33(32)41(34)22-25-5-4-6-29(37)20-25/h2-14,19-20,26,38H,15-18,21-22H2,1H3. The van der Waals surface area contributed by atoms with Gasteiger partial charge >= 0.3 is 0 Å². The fourth-order valence-electron chi connectivity index (χ4n) is 5.95. The summed E-state index contributed by atoms with van der Waals surface area (Å²) in [7, 11) is 0. The van der Waals surface area contributed by atoms with Crippen LogP contribution in [0.3, 0.4) is 0 Å². The predicted octanol–water partition coefficient (Wildman–Crippen LogP) is 7.30. The van der Waals surface area contributed by atoms with Crippen LogP contribution >= 0.6 is 0 Å². The van der Waals surface area contributed by atoms with Gasteiger partial charge in [0.05, 0.1) is 11.0 Å². The van der Waals surface area contributed by atoms with Crippen LogP contribution in [0.25, 0.3) is 11.0 Å². The van der Waals surface area contributed by atoms with E-state index in [1.807, 2.05) is 48.2 Å². The van der Waals surface area contributed by atoms with Crippen LogP contribution in [0.15, 0.2) is 91.0 Å². The molecule has 0 bridgehead atoms. The molecular weight excluding hydrogens is 530 g/mol. The Balaban J connectivity index is 1.15. The molecule has 6 rings (SSSR count). The number of halogens is 2. The zero-order chi connectivity index (χ0) is 29.2. The van der Waals surface area contributed by atoms with Gasteiger partial charge in [0.25, 0.3) is 5.91 Å². The van der Waals surface area contributed by atoms with Gasteiger partial charge in [-0.05, 0) is 90.6 Å². The summed E-state index contributed by atoms with van der Waals surface area (Å²) in [6.07, 6.45) is 1.97. The van der Waals surface area contributed by atoms with Gasteiger partial charge in [-0.3, -0.25) is 4.79 Å². The number of aromatic nitrogens is 2. The summed E-state index contributed by atoms with van der Waals surface area (Å²) in [5.41, 5.74) is 6.40. The number of hydrogen-bond acceptors (Lipinski definition) is 3. The number of aryl methyl sites for hydroxylation is 1. The molecule has 1 saturated heterocycles. The second-order valence-corrected chi connectivity index (χ2v) is 11.1. The number of piperidine rings is 1. The number of rotatable bonds is 7. The lowest BCUT2D eigenvalue weighted by molar-refractivity contribution is 0.0710. The molecule has 2 heterocycles. The van der Waals surface area contributed by atoms with E-state index in [0.29, 0.717) is 37.3 Å². The summed E-state index contributed by atoms with van der Waals surface area (Å²) in [6.45, 7) is 3.69. The van der Waals surface area contributed by atoms with Crippen molar-refractivity contribution >= 4 is 22.7 Å². The fraction of sp³-hybridized carbons (Fsp3) is 0.229. The molecule has 0 radical (unpaired) electrons. The Kier molecular flexibility index (Phi) is 7.66. The van der Waals surface area contributed by atoms with E-state index >= 15 is 0 Å². The van der Waals surface area contributed by atoms with Crippen molar-refractivity contribution in [1.29, 1.82) is 5.41 Å². The highest BCUT2D eigenvalue weighted by atomic mass is 19.1. The van der Waals surface area contributed by atoms with Gasteiger partial charge in [0.2, 0.25) is 0 Å². The molecule has 0 spiro atoms. The molecule has 1 N–H and O–H groups in total. The van der Waals surface area contributed by atoms with Gasteiger partial charge in [-0.2, -0.15) is 0 Å². The number of carbonyl (C=O) groups is 1. The van der Waals surface area contributed by atoms with Gasteiger partial charge in [0, 0.05) is 43.2 Å². The lowest BCUT2D eigenvalue weighted by Gasteiger charge is -2.32. The molecule has 1 aliphatic heterocycles. The Morgan fingerprint density at radius 1 is 0.881 bits per heavy atom. The van der Waals surface area contributed by atoms with E-state index in [2.05, 4.69) is 10.6 Å². The number of nitrogens with zero attached hydrogens (tertiary/aromatic N) is 3. The first-order valence-electron chi connectivity index (χ1n) is 14.3. The van der Waals surface area contributed by atoms with Crippen molar-refractivity contribution in [2.24, 2.45) is 0 Å². The van der Waals surface area contributed by atoms with Gasteiger partial charge in [-0.25, -0.2) is 13.8 Å². The van der Waals surface area contributed by atoms with E-state index in [1.54, 1.807) is 30.3 Å². The van der Waals surface area contributed by atoms with Crippen LogP contribution in [0.2, 0.25) is 0 Å². The Morgan fingerprint density at radius 3 is 2.38 bits per heavy atom. The molecule has 0 unspecified atom stereocenters. The SMILES string of the molecule is Cc1cc(C(=O)N2CCC(c3nc4ccccc4n3Cc3cccc(F)c3)CC2)ccc1C(=N)Cc1ccc(F)cc1. The molecular formula is C35H32F2N4O. The molecule has 1 amide bonds. The molecule has 0 atom stereocenters. The number of imidazole rings is 1. The molecule has 0 aliphatic carbocycles. The average Bonchev–Trinajstić information content (AvgIpc) is 3.36. The third kappa shape index (κ3) is 5.73. The molecule has 5 nitrogen and oxygen atoms in total. The highest BCUT2D eigenvalue weighted by molar-refractivity contribution is 6.02. The van der Waals surface area contributed by atoms with Crippen molar-refractivity contribution < 1.29 is 13.6 Å². The van der Waals surface area contributed by atoms with Crippen molar-refractivity contribution in [3.8, 4) is 0 Å². The maximum atomic E-state index is 13.9. The summed E-state index contributed by atoms with van der Waals surface area (Å²) in [4.78, 5) is 20.3. The number of hydrogen-bond donors (Lipinski definition) is 1. The maximum absolute atomic E-state index is 13.9. The molecule has 7 heteroatoms. The molecule has 1 aliphatic rings. The van der Waals surface area contributed by atoms with Crippen molar-refractivity contribution in [1.82, 2.24) is 14.5 Å². The summed E-state index contributed by atoms with van der Waals surface area (Å²) in [5.74, 6) is 0.606. The lowest BCUT2D eigenvalue weighted by Crippen LogP contribution is -2.38. The Labute approximate surface area is 244 Å².